The molecule has 0 bridgehead atoms. The average molecular weight is 155 g/mol. The Morgan fingerprint density at radius 1 is 1.64 bits per heavy atom. The summed E-state index contributed by atoms with van der Waals surface area (Å²) in [6, 6.07) is 0. The van der Waals surface area contributed by atoms with Crippen LogP contribution in [0.3, 0.4) is 0 Å². The van der Waals surface area contributed by atoms with E-state index in [0.29, 0.717) is 5.92 Å². The number of rotatable bonds is 3. The number of hydrogen-bond donors (Lipinski definition) is 3. The Hall–Kier alpha value is -0.380. The molecule has 2 unspecified atom stereocenters. The molecule has 0 radical (unpaired) electrons. The molecule has 0 fully saturated rings. The third kappa shape index (κ3) is 2.61. The van der Waals surface area contributed by atoms with E-state index in [1.54, 1.807) is 0 Å². The van der Waals surface area contributed by atoms with E-state index in [0.717, 1.165) is 12.5 Å². The van der Waals surface area contributed by atoms with Crippen molar-refractivity contribution in [2.45, 2.75) is 19.8 Å². The molecule has 1 aliphatic carbocycles. The van der Waals surface area contributed by atoms with Crippen molar-refractivity contribution in [1.29, 1.82) is 0 Å². The van der Waals surface area contributed by atoms with Crippen LogP contribution in [-0.2, 0) is 0 Å². The second-order valence-corrected chi connectivity index (χ2v) is 3.15. The lowest BCUT2D eigenvalue weighted by molar-refractivity contribution is 0.338. The summed E-state index contributed by atoms with van der Waals surface area (Å²) in [4.78, 5) is 0. The van der Waals surface area contributed by atoms with Crippen LogP contribution in [-0.4, -0.2) is 6.54 Å². The number of hydrogen-bond acceptors (Lipinski definition) is 3. The molecule has 64 valence electrons. The normalized spacial score (nSPS) is 30.7. The average Bonchev–Trinajstić information content (AvgIpc) is 2.03. The molecule has 3 heteroatoms. The van der Waals surface area contributed by atoms with Gasteiger partial charge in [0, 0.05) is 6.54 Å². The third-order valence-corrected chi connectivity index (χ3v) is 2.35. The smallest absolute Gasteiger partial charge is 0.0147 e. The molecule has 11 heavy (non-hydrogen) atoms. The van der Waals surface area contributed by atoms with Crippen molar-refractivity contribution < 1.29 is 0 Å². The van der Waals surface area contributed by atoms with Crippen molar-refractivity contribution in [2.24, 2.45) is 17.7 Å². The Kier molecular flexibility index (Phi) is 3.56. The SMILES string of the molecule is CC1C=CCCC1CNNN. The highest BCUT2D eigenvalue weighted by Crippen LogP contribution is 2.22. The highest BCUT2D eigenvalue weighted by molar-refractivity contribution is 4.95. The van der Waals surface area contributed by atoms with Gasteiger partial charge in [0.2, 0.25) is 0 Å². The van der Waals surface area contributed by atoms with Crippen molar-refractivity contribution in [2.75, 3.05) is 6.54 Å². The second-order valence-electron chi connectivity index (χ2n) is 3.15. The van der Waals surface area contributed by atoms with Gasteiger partial charge in [-0.05, 0) is 24.7 Å². The van der Waals surface area contributed by atoms with E-state index in [9.17, 15) is 0 Å². The summed E-state index contributed by atoms with van der Waals surface area (Å²) >= 11 is 0. The summed E-state index contributed by atoms with van der Waals surface area (Å²) in [7, 11) is 0. The first-order valence-electron chi connectivity index (χ1n) is 4.19. The van der Waals surface area contributed by atoms with Crippen LogP contribution in [0, 0.1) is 11.8 Å². The summed E-state index contributed by atoms with van der Waals surface area (Å²) in [5, 5.41) is 0. The van der Waals surface area contributed by atoms with Gasteiger partial charge >= 0.3 is 0 Å². The largest absolute Gasteiger partial charge is 0.258 e. The van der Waals surface area contributed by atoms with Gasteiger partial charge in [-0.25, -0.2) is 5.43 Å². The van der Waals surface area contributed by atoms with Gasteiger partial charge < -0.3 is 0 Å². The standard InChI is InChI=1S/C8H17N3/c1-7-4-2-3-5-8(7)6-10-11-9/h2,4,7-8,10-11H,3,5-6,9H2,1H3. The molecular formula is C8H17N3. The van der Waals surface area contributed by atoms with Crippen molar-refractivity contribution in [3.8, 4) is 0 Å². The van der Waals surface area contributed by atoms with Crippen LogP contribution in [0.2, 0.25) is 0 Å². The zero-order valence-electron chi connectivity index (χ0n) is 7.01. The van der Waals surface area contributed by atoms with Crippen molar-refractivity contribution in [1.82, 2.24) is 11.0 Å². The predicted molar refractivity (Wildman–Crippen MR) is 46.4 cm³/mol. The molecule has 0 amide bonds. The maximum atomic E-state index is 5.11. The summed E-state index contributed by atoms with van der Waals surface area (Å²) in [6.45, 7) is 3.21. The van der Waals surface area contributed by atoms with Gasteiger partial charge in [-0.3, -0.25) is 5.84 Å². The minimum absolute atomic E-state index is 0.685. The van der Waals surface area contributed by atoms with Crippen LogP contribution in [0.25, 0.3) is 0 Å². The van der Waals surface area contributed by atoms with Gasteiger partial charge in [-0.2, -0.15) is 5.53 Å². The van der Waals surface area contributed by atoms with E-state index in [4.69, 9.17) is 5.84 Å². The van der Waals surface area contributed by atoms with Crippen LogP contribution < -0.4 is 16.8 Å². The molecule has 0 aromatic heterocycles. The van der Waals surface area contributed by atoms with E-state index in [1.165, 1.54) is 12.8 Å². The third-order valence-electron chi connectivity index (χ3n) is 2.35. The van der Waals surface area contributed by atoms with Gasteiger partial charge in [0.1, 0.15) is 0 Å². The fourth-order valence-electron chi connectivity index (χ4n) is 1.52. The van der Waals surface area contributed by atoms with Crippen LogP contribution in [0.5, 0.6) is 0 Å². The van der Waals surface area contributed by atoms with E-state index in [1.807, 2.05) is 0 Å². The van der Waals surface area contributed by atoms with Crippen LogP contribution >= 0.6 is 0 Å². The Morgan fingerprint density at radius 3 is 3.09 bits per heavy atom. The molecule has 1 rings (SSSR count). The molecule has 0 saturated heterocycles. The zero-order chi connectivity index (χ0) is 8.10. The molecule has 0 aliphatic heterocycles. The maximum Gasteiger partial charge on any atom is 0.0147 e. The lowest BCUT2D eigenvalue weighted by atomic mass is 9.85. The second kappa shape index (κ2) is 4.49. The van der Waals surface area contributed by atoms with Crippen molar-refractivity contribution in [3.63, 3.8) is 0 Å². The molecule has 1 aliphatic rings. The van der Waals surface area contributed by atoms with Gasteiger partial charge in [0.05, 0.1) is 0 Å². The summed E-state index contributed by atoms with van der Waals surface area (Å²) in [6.07, 6.45) is 7.02. The highest BCUT2D eigenvalue weighted by Gasteiger charge is 2.16. The monoisotopic (exact) mass is 155 g/mol. The number of nitrogens with two attached hydrogens (primary N) is 1. The summed E-state index contributed by atoms with van der Waals surface area (Å²) in [5.41, 5.74) is 5.40. The van der Waals surface area contributed by atoms with Crippen LogP contribution in [0.4, 0.5) is 0 Å². The molecule has 0 spiro atoms. The minimum Gasteiger partial charge on any atom is -0.258 e. The zero-order valence-corrected chi connectivity index (χ0v) is 7.01. The Bertz CT molecular complexity index is 133. The minimum atomic E-state index is 0.685. The molecule has 0 heterocycles. The quantitative estimate of drug-likeness (QED) is 0.317. The van der Waals surface area contributed by atoms with Gasteiger partial charge in [0.15, 0.2) is 0 Å². The topological polar surface area (TPSA) is 50.1 Å². The van der Waals surface area contributed by atoms with Crippen molar-refractivity contribution >= 4 is 0 Å². The van der Waals surface area contributed by atoms with E-state index < -0.39 is 0 Å². The fraction of sp³-hybridized carbons (Fsp3) is 0.750. The Balaban J connectivity index is 2.27. The van der Waals surface area contributed by atoms with Gasteiger partial charge in [-0.1, -0.05) is 19.1 Å². The lowest BCUT2D eigenvalue weighted by Crippen LogP contribution is -2.42. The molecule has 0 aromatic rings. The first-order valence-corrected chi connectivity index (χ1v) is 4.19. The van der Waals surface area contributed by atoms with E-state index >= 15 is 0 Å². The number of hydrazine groups is 2. The first-order chi connectivity index (χ1) is 5.34. The molecule has 3 nitrogen and oxygen atoms in total. The Labute approximate surface area is 68.0 Å². The van der Waals surface area contributed by atoms with Crippen molar-refractivity contribution in [3.05, 3.63) is 12.2 Å². The molecule has 2 atom stereocenters. The maximum absolute atomic E-state index is 5.11. The lowest BCUT2D eigenvalue weighted by Gasteiger charge is -2.24. The number of nitrogens with one attached hydrogen (secondary N) is 2. The van der Waals surface area contributed by atoms with Gasteiger partial charge in [-0.15, -0.1) is 0 Å². The predicted octanol–water partition coefficient (Wildman–Crippen LogP) is 0.557. The van der Waals surface area contributed by atoms with Crippen LogP contribution in [0.15, 0.2) is 12.2 Å². The fourth-order valence-corrected chi connectivity index (χ4v) is 1.52. The first kappa shape index (κ1) is 8.71. The number of allylic oxidation sites excluding steroid dienone is 2. The molecular weight excluding hydrogens is 138 g/mol. The summed E-state index contributed by atoms with van der Waals surface area (Å²) in [5.74, 6) is 6.53. The summed E-state index contributed by atoms with van der Waals surface area (Å²) < 4.78 is 0. The molecule has 4 N–H and O–H groups in total. The van der Waals surface area contributed by atoms with Crippen LogP contribution in [0.1, 0.15) is 19.8 Å². The molecule has 0 aromatic carbocycles. The Morgan fingerprint density at radius 2 is 2.45 bits per heavy atom. The molecule has 0 saturated carbocycles. The van der Waals surface area contributed by atoms with Gasteiger partial charge in [0.25, 0.3) is 0 Å². The van der Waals surface area contributed by atoms with E-state index in [2.05, 4.69) is 30.0 Å². The highest BCUT2D eigenvalue weighted by atomic mass is 15.5. The van der Waals surface area contributed by atoms with E-state index in [-0.39, 0.29) is 0 Å².